The topological polar surface area (TPSA) is 63.7 Å². The van der Waals surface area contributed by atoms with Crippen molar-refractivity contribution in [2.75, 3.05) is 20.3 Å². The van der Waals surface area contributed by atoms with Crippen molar-refractivity contribution < 1.29 is 19.1 Å². The van der Waals surface area contributed by atoms with E-state index in [1.54, 1.807) is 18.2 Å². The molecule has 8 heteroatoms. The molecule has 0 N–H and O–H groups in total. The second kappa shape index (κ2) is 6.53. The highest BCUT2D eigenvalue weighted by Gasteiger charge is 2.36. The van der Waals surface area contributed by atoms with Crippen molar-refractivity contribution in [2.45, 2.75) is 0 Å². The molecule has 20 heavy (non-hydrogen) atoms. The predicted octanol–water partition coefficient (Wildman–Crippen LogP) is 2.65. The van der Waals surface area contributed by atoms with Crippen LogP contribution in [-0.4, -0.2) is 42.1 Å². The van der Waals surface area contributed by atoms with Gasteiger partial charge in [-0.05, 0) is 30.0 Å². The first-order valence-corrected chi connectivity index (χ1v) is 7.53. The number of amides is 2. The normalized spacial score (nSPS) is 17.3. The zero-order chi connectivity index (χ0) is 14.7. The lowest BCUT2D eigenvalue weighted by Gasteiger charge is -2.10. The van der Waals surface area contributed by atoms with Gasteiger partial charge in [-0.2, -0.15) is 0 Å². The smallest absolute Gasteiger partial charge is 0.293 e. The maximum absolute atomic E-state index is 12.1. The van der Waals surface area contributed by atoms with Crippen molar-refractivity contribution >= 4 is 57.7 Å². The molecular formula is C12H10ClNO4S2. The molecule has 2 heterocycles. The number of rotatable bonds is 5. The molecule has 1 saturated heterocycles. The number of hydrogen-bond donors (Lipinski definition) is 0. The third-order valence-corrected chi connectivity index (χ3v) is 4.47. The molecule has 0 aliphatic carbocycles. The van der Waals surface area contributed by atoms with Crippen LogP contribution in [0.5, 0.6) is 0 Å². The van der Waals surface area contributed by atoms with E-state index in [9.17, 15) is 14.4 Å². The summed E-state index contributed by atoms with van der Waals surface area (Å²) in [4.78, 5) is 37.2. The zero-order valence-electron chi connectivity index (χ0n) is 10.4. The van der Waals surface area contributed by atoms with E-state index in [1.807, 2.05) is 0 Å². The number of thioether (sulfide) groups is 1. The molecule has 106 valence electrons. The van der Waals surface area contributed by atoms with Crippen molar-refractivity contribution in [1.82, 2.24) is 4.90 Å². The molecule has 0 atom stereocenters. The minimum Gasteiger partial charge on any atom is -0.377 e. The third kappa shape index (κ3) is 3.49. The quantitative estimate of drug-likeness (QED) is 0.776. The highest BCUT2D eigenvalue weighted by molar-refractivity contribution is 8.18. The van der Waals surface area contributed by atoms with Crippen LogP contribution in [0, 0.1) is 0 Å². The van der Waals surface area contributed by atoms with E-state index in [1.165, 1.54) is 18.4 Å². The van der Waals surface area contributed by atoms with Gasteiger partial charge in [0.2, 0.25) is 0 Å². The number of carbonyl (C=O) groups excluding carboxylic acids is 3. The number of methoxy groups -OCH3 is 1. The van der Waals surface area contributed by atoms with Gasteiger partial charge in [0.15, 0.2) is 5.78 Å². The van der Waals surface area contributed by atoms with Crippen LogP contribution >= 0.6 is 34.7 Å². The molecule has 2 amide bonds. The minimum absolute atomic E-state index is 0.124. The number of hydrogen-bond acceptors (Lipinski definition) is 6. The number of imide groups is 1. The molecule has 2 rings (SSSR count). The summed E-state index contributed by atoms with van der Waals surface area (Å²) in [6.45, 7) is -0.387. The van der Waals surface area contributed by atoms with Gasteiger partial charge < -0.3 is 4.74 Å². The second-order valence-electron chi connectivity index (χ2n) is 3.88. The Morgan fingerprint density at radius 2 is 2.20 bits per heavy atom. The summed E-state index contributed by atoms with van der Waals surface area (Å²) in [7, 11) is 1.38. The molecule has 0 radical (unpaired) electrons. The first-order valence-electron chi connectivity index (χ1n) is 5.52. The van der Waals surface area contributed by atoms with Crippen molar-refractivity contribution in [2.24, 2.45) is 0 Å². The molecule has 0 aromatic carbocycles. The van der Waals surface area contributed by atoms with Gasteiger partial charge in [-0.25, -0.2) is 0 Å². The van der Waals surface area contributed by atoms with Crippen LogP contribution in [0.25, 0.3) is 6.08 Å². The molecule has 5 nitrogen and oxygen atoms in total. The number of ketones is 1. The number of thiophene rings is 1. The van der Waals surface area contributed by atoms with Crippen LogP contribution in [0.2, 0.25) is 4.34 Å². The third-order valence-electron chi connectivity index (χ3n) is 2.38. The maximum Gasteiger partial charge on any atom is 0.293 e. The second-order valence-corrected chi connectivity index (χ2v) is 6.62. The maximum atomic E-state index is 12.1. The monoisotopic (exact) mass is 331 g/mol. The van der Waals surface area contributed by atoms with Gasteiger partial charge in [-0.3, -0.25) is 19.3 Å². The summed E-state index contributed by atoms with van der Waals surface area (Å²) in [5.74, 6) is -0.788. The standard InChI is InChI=1S/C12H10ClNO4S2/c1-18-6-7(15)5-14-11(16)9(20-12(14)17)4-8-2-3-10(13)19-8/h2-4H,5-6H2,1H3/b9-4+. The molecule has 0 spiro atoms. The largest absolute Gasteiger partial charge is 0.377 e. The van der Waals surface area contributed by atoms with Crippen molar-refractivity contribution in [3.8, 4) is 0 Å². The summed E-state index contributed by atoms with van der Waals surface area (Å²) < 4.78 is 5.28. The number of ether oxygens (including phenoxy) is 1. The van der Waals surface area contributed by atoms with Gasteiger partial charge in [0.25, 0.3) is 11.1 Å². The van der Waals surface area contributed by atoms with E-state index >= 15 is 0 Å². The molecular weight excluding hydrogens is 322 g/mol. The lowest BCUT2D eigenvalue weighted by atomic mass is 10.3. The molecule has 1 aromatic heterocycles. The number of halogens is 1. The van der Waals surface area contributed by atoms with Gasteiger partial charge in [0.05, 0.1) is 15.8 Å². The van der Waals surface area contributed by atoms with Gasteiger partial charge in [-0.1, -0.05) is 11.6 Å². The van der Waals surface area contributed by atoms with E-state index in [0.717, 1.165) is 21.5 Å². The van der Waals surface area contributed by atoms with E-state index in [2.05, 4.69) is 4.74 Å². The van der Waals surface area contributed by atoms with Gasteiger partial charge in [0, 0.05) is 12.0 Å². The lowest BCUT2D eigenvalue weighted by Crippen LogP contribution is -2.34. The summed E-state index contributed by atoms with van der Waals surface area (Å²) in [6, 6.07) is 3.47. The highest BCUT2D eigenvalue weighted by Crippen LogP contribution is 2.34. The van der Waals surface area contributed by atoms with Gasteiger partial charge in [-0.15, -0.1) is 11.3 Å². The van der Waals surface area contributed by atoms with Crippen molar-refractivity contribution in [3.63, 3.8) is 0 Å². The van der Waals surface area contributed by atoms with Crippen LogP contribution in [0.3, 0.4) is 0 Å². The fraction of sp³-hybridized carbons (Fsp3) is 0.250. The van der Waals surface area contributed by atoms with Crippen LogP contribution in [0.15, 0.2) is 17.0 Å². The SMILES string of the molecule is COCC(=O)CN1C(=O)S/C(=C/c2ccc(Cl)s2)C1=O. The fourth-order valence-corrected chi connectivity index (χ4v) is 3.46. The van der Waals surface area contributed by atoms with E-state index in [4.69, 9.17) is 11.6 Å². The minimum atomic E-state index is -0.464. The van der Waals surface area contributed by atoms with Crippen molar-refractivity contribution in [1.29, 1.82) is 0 Å². The van der Waals surface area contributed by atoms with E-state index < -0.39 is 11.1 Å². The Hall–Kier alpha value is -1.15. The zero-order valence-corrected chi connectivity index (χ0v) is 12.8. The van der Waals surface area contributed by atoms with Crippen LogP contribution < -0.4 is 0 Å². The highest BCUT2D eigenvalue weighted by atomic mass is 35.5. The molecule has 1 aliphatic rings. The lowest BCUT2D eigenvalue weighted by molar-refractivity contribution is -0.130. The van der Waals surface area contributed by atoms with E-state index in [0.29, 0.717) is 9.24 Å². The summed E-state index contributed by atoms with van der Waals surface area (Å²) in [5.41, 5.74) is 0. The van der Waals surface area contributed by atoms with Gasteiger partial charge >= 0.3 is 0 Å². The average molecular weight is 332 g/mol. The van der Waals surface area contributed by atoms with E-state index in [-0.39, 0.29) is 18.9 Å². The Morgan fingerprint density at radius 3 is 2.80 bits per heavy atom. The summed E-state index contributed by atoms with van der Waals surface area (Å²) in [5, 5.41) is -0.451. The Morgan fingerprint density at radius 1 is 1.45 bits per heavy atom. The molecule has 0 bridgehead atoms. The molecule has 1 fully saturated rings. The number of carbonyl (C=O) groups is 3. The van der Waals surface area contributed by atoms with Crippen LogP contribution in [0.4, 0.5) is 4.79 Å². The Kier molecular flexibility index (Phi) is 4.98. The van der Waals surface area contributed by atoms with Crippen LogP contribution in [-0.2, 0) is 14.3 Å². The molecule has 1 aliphatic heterocycles. The summed E-state index contributed by atoms with van der Waals surface area (Å²) in [6.07, 6.45) is 1.60. The summed E-state index contributed by atoms with van der Waals surface area (Å²) >= 11 is 7.93. The number of Topliss-reactive ketones (excluding diaryl/α,β-unsaturated/α-hetero) is 1. The predicted molar refractivity (Wildman–Crippen MR) is 78.9 cm³/mol. The van der Waals surface area contributed by atoms with Crippen molar-refractivity contribution in [3.05, 3.63) is 26.3 Å². The first-order chi connectivity index (χ1) is 9.51. The van der Waals surface area contributed by atoms with Gasteiger partial charge in [0.1, 0.15) is 6.61 Å². The Bertz CT molecular complexity index is 596. The Balaban J connectivity index is 2.12. The molecule has 0 saturated carbocycles. The molecule has 0 unspecified atom stereocenters. The fourth-order valence-electron chi connectivity index (χ4n) is 1.55. The Labute approximate surface area is 128 Å². The average Bonchev–Trinajstić information content (AvgIpc) is 2.89. The number of nitrogens with zero attached hydrogens (tertiary/aromatic N) is 1. The first kappa shape index (κ1) is 15.2. The molecule has 1 aromatic rings. The van der Waals surface area contributed by atoms with Crippen LogP contribution in [0.1, 0.15) is 4.88 Å².